The molecule has 1 heterocycles. The second-order valence-corrected chi connectivity index (χ2v) is 4.37. The summed E-state index contributed by atoms with van der Waals surface area (Å²) in [5.41, 5.74) is 0.766. The van der Waals surface area contributed by atoms with Crippen LogP contribution in [-0.2, 0) is 13.0 Å². The molecule has 0 N–H and O–H groups in total. The summed E-state index contributed by atoms with van der Waals surface area (Å²) in [5, 5.41) is 0.785. The molecule has 0 radical (unpaired) electrons. The van der Waals surface area contributed by atoms with Crippen molar-refractivity contribution in [1.82, 2.24) is 9.97 Å². The summed E-state index contributed by atoms with van der Waals surface area (Å²) in [5.74, 6) is 1.24. The molecule has 0 aliphatic carbocycles. The van der Waals surface area contributed by atoms with Crippen molar-refractivity contribution in [2.75, 3.05) is 0 Å². The van der Waals surface area contributed by atoms with Crippen LogP contribution in [0, 0.1) is 0 Å². The van der Waals surface area contributed by atoms with E-state index in [2.05, 4.69) is 9.97 Å². The highest BCUT2D eigenvalue weighted by atomic mass is 35.5. The summed E-state index contributed by atoms with van der Waals surface area (Å²) < 4.78 is 5.53. The van der Waals surface area contributed by atoms with E-state index in [4.69, 9.17) is 27.9 Å². The zero-order chi connectivity index (χ0) is 13.0. The second-order valence-electron chi connectivity index (χ2n) is 3.66. The van der Waals surface area contributed by atoms with Gasteiger partial charge in [-0.15, -0.1) is 0 Å². The molecule has 0 atom stereocenters. The standard InChI is InChI=1S/C13H12Cl2N2O/c1-2-10-12(14)16-11(17-13(10)15)8-18-9-6-4-3-5-7-9/h3-7H,2,8H2,1H3. The maximum Gasteiger partial charge on any atom is 0.169 e. The summed E-state index contributed by atoms with van der Waals surface area (Å²) in [6, 6.07) is 9.45. The fourth-order valence-electron chi connectivity index (χ4n) is 1.49. The van der Waals surface area contributed by atoms with Crippen LogP contribution in [-0.4, -0.2) is 9.97 Å². The minimum Gasteiger partial charge on any atom is -0.486 e. The van der Waals surface area contributed by atoms with E-state index in [1.165, 1.54) is 0 Å². The van der Waals surface area contributed by atoms with Crippen LogP contribution < -0.4 is 4.74 Å². The lowest BCUT2D eigenvalue weighted by Crippen LogP contribution is -2.04. The fraction of sp³-hybridized carbons (Fsp3) is 0.231. The van der Waals surface area contributed by atoms with Gasteiger partial charge in [0.2, 0.25) is 0 Å². The van der Waals surface area contributed by atoms with Gasteiger partial charge in [-0.1, -0.05) is 48.3 Å². The number of para-hydroxylation sites is 1. The number of hydrogen-bond acceptors (Lipinski definition) is 3. The van der Waals surface area contributed by atoms with Crippen LogP contribution in [0.3, 0.4) is 0 Å². The first-order chi connectivity index (χ1) is 8.70. The van der Waals surface area contributed by atoms with E-state index in [9.17, 15) is 0 Å². The lowest BCUT2D eigenvalue weighted by molar-refractivity contribution is 0.295. The molecule has 0 bridgehead atoms. The third-order valence-electron chi connectivity index (χ3n) is 2.42. The maximum absolute atomic E-state index is 6.03. The van der Waals surface area contributed by atoms with Crippen molar-refractivity contribution >= 4 is 23.2 Å². The fourth-order valence-corrected chi connectivity index (χ4v) is 2.18. The van der Waals surface area contributed by atoms with Gasteiger partial charge >= 0.3 is 0 Å². The zero-order valence-electron chi connectivity index (χ0n) is 9.86. The molecule has 0 unspecified atom stereocenters. The average Bonchev–Trinajstić information content (AvgIpc) is 2.37. The van der Waals surface area contributed by atoms with Crippen molar-refractivity contribution in [2.24, 2.45) is 0 Å². The topological polar surface area (TPSA) is 35.0 Å². The molecular formula is C13H12Cl2N2O. The van der Waals surface area contributed by atoms with Crippen molar-refractivity contribution < 1.29 is 4.74 Å². The molecular weight excluding hydrogens is 271 g/mol. The van der Waals surface area contributed by atoms with E-state index < -0.39 is 0 Å². The van der Waals surface area contributed by atoms with Crippen LogP contribution in [0.4, 0.5) is 0 Å². The van der Waals surface area contributed by atoms with Crippen LogP contribution >= 0.6 is 23.2 Å². The van der Waals surface area contributed by atoms with Gasteiger partial charge in [-0.05, 0) is 18.6 Å². The van der Waals surface area contributed by atoms with Gasteiger partial charge in [-0.3, -0.25) is 0 Å². The molecule has 1 aromatic heterocycles. The Morgan fingerprint density at radius 1 is 1.06 bits per heavy atom. The highest BCUT2D eigenvalue weighted by Crippen LogP contribution is 2.22. The Balaban J connectivity index is 2.11. The second kappa shape index (κ2) is 6.03. The molecule has 94 valence electrons. The first-order valence-electron chi connectivity index (χ1n) is 5.59. The Morgan fingerprint density at radius 3 is 2.22 bits per heavy atom. The van der Waals surface area contributed by atoms with Gasteiger partial charge in [0.15, 0.2) is 5.82 Å². The quantitative estimate of drug-likeness (QED) is 0.797. The Morgan fingerprint density at radius 2 is 1.67 bits per heavy atom. The maximum atomic E-state index is 6.03. The number of aromatic nitrogens is 2. The molecule has 5 heteroatoms. The minimum atomic E-state index is 0.243. The number of hydrogen-bond donors (Lipinski definition) is 0. The Hall–Kier alpha value is -1.32. The van der Waals surface area contributed by atoms with Gasteiger partial charge in [0.25, 0.3) is 0 Å². The van der Waals surface area contributed by atoms with Crippen LogP contribution in [0.5, 0.6) is 5.75 Å². The number of ether oxygens (including phenoxy) is 1. The van der Waals surface area contributed by atoms with Gasteiger partial charge < -0.3 is 4.74 Å². The monoisotopic (exact) mass is 282 g/mol. The molecule has 0 aliphatic rings. The van der Waals surface area contributed by atoms with Crippen LogP contribution in [0.25, 0.3) is 0 Å². The molecule has 2 rings (SSSR count). The number of benzene rings is 1. The third-order valence-corrected chi connectivity index (χ3v) is 3.04. The lowest BCUT2D eigenvalue weighted by atomic mass is 10.3. The van der Waals surface area contributed by atoms with Crippen LogP contribution in [0.2, 0.25) is 10.3 Å². The summed E-state index contributed by atoms with van der Waals surface area (Å²) >= 11 is 12.1. The minimum absolute atomic E-state index is 0.243. The molecule has 0 spiro atoms. The first kappa shape index (κ1) is 13.1. The number of nitrogens with zero attached hydrogens (tertiary/aromatic N) is 2. The highest BCUT2D eigenvalue weighted by molar-refractivity contribution is 6.34. The Bertz CT molecular complexity index is 509. The molecule has 0 saturated carbocycles. The van der Waals surface area contributed by atoms with Crippen molar-refractivity contribution in [3.63, 3.8) is 0 Å². The Labute approximate surface area is 116 Å². The van der Waals surface area contributed by atoms with E-state index in [0.29, 0.717) is 22.6 Å². The van der Waals surface area contributed by atoms with E-state index in [1.54, 1.807) is 0 Å². The summed E-state index contributed by atoms with van der Waals surface area (Å²) in [7, 11) is 0. The smallest absolute Gasteiger partial charge is 0.169 e. The molecule has 18 heavy (non-hydrogen) atoms. The van der Waals surface area contributed by atoms with Gasteiger partial charge in [0.1, 0.15) is 22.7 Å². The molecule has 0 aliphatic heterocycles. The van der Waals surface area contributed by atoms with Crippen LogP contribution in [0.15, 0.2) is 30.3 Å². The lowest BCUT2D eigenvalue weighted by Gasteiger charge is -2.08. The predicted octanol–water partition coefficient (Wildman–Crippen LogP) is 3.92. The van der Waals surface area contributed by atoms with E-state index in [-0.39, 0.29) is 6.61 Å². The normalized spacial score (nSPS) is 10.4. The van der Waals surface area contributed by atoms with Gasteiger partial charge in [-0.25, -0.2) is 9.97 Å². The van der Waals surface area contributed by atoms with Crippen molar-refractivity contribution in [1.29, 1.82) is 0 Å². The van der Waals surface area contributed by atoms with E-state index in [1.807, 2.05) is 37.3 Å². The predicted molar refractivity (Wildman–Crippen MR) is 72.2 cm³/mol. The Kier molecular flexibility index (Phi) is 4.39. The van der Waals surface area contributed by atoms with Gasteiger partial charge in [0, 0.05) is 5.56 Å². The van der Waals surface area contributed by atoms with Gasteiger partial charge in [-0.2, -0.15) is 0 Å². The third kappa shape index (κ3) is 3.12. The number of rotatable bonds is 4. The van der Waals surface area contributed by atoms with Crippen molar-refractivity contribution in [2.45, 2.75) is 20.0 Å². The van der Waals surface area contributed by atoms with Crippen molar-refractivity contribution in [3.8, 4) is 5.75 Å². The highest BCUT2D eigenvalue weighted by Gasteiger charge is 2.10. The molecule has 1 aromatic carbocycles. The zero-order valence-corrected chi connectivity index (χ0v) is 11.4. The largest absolute Gasteiger partial charge is 0.486 e. The molecule has 0 saturated heterocycles. The molecule has 2 aromatic rings. The first-order valence-corrected chi connectivity index (χ1v) is 6.35. The van der Waals surface area contributed by atoms with E-state index >= 15 is 0 Å². The average molecular weight is 283 g/mol. The van der Waals surface area contributed by atoms with Gasteiger partial charge in [0.05, 0.1) is 0 Å². The summed E-state index contributed by atoms with van der Waals surface area (Å²) in [6.45, 7) is 2.20. The summed E-state index contributed by atoms with van der Waals surface area (Å²) in [4.78, 5) is 8.33. The molecule has 0 fully saturated rings. The molecule has 3 nitrogen and oxygen atoms in total. The van der Waals surface area contributed by atoms with Crippen molar-refractivity contribution in [3.05, 3.63) is 52.0 Å². The van der Waals surface area contributed by atoms with Crippen LogP contribution in [0.1, 0.15) is 18.3 Å². The van der Waals surface area contributed by atoms with E-state index in [0.717, 1.165) is 11.3 Å². The SMILES string of the molecule is CCc1c(Cl)nc(COc2ccccc2)nc1Cl. The summed E-state index contributed by atoms with van der Waals surface area (Å²) in [6.07, 6.45) is 0.706. The number of halogens is 2. The molecule has 0 amide bonds.